The summed E-state index contributed by atoms with van der Waals surface area (Å²) < 4.78 is 12.9. The van der Waals surface area contributed by atoms with Gasteiger partial charge >= 0.3 is 0 Å². The normalized spacial score (nSPS) is 10.4. The van der Waals surface area contributed by atoms with Crippen molar-refractivity contribution in [3.63, 3.8) is 0 Å². The van der Waals surface area contributed by atoms with E-state index in [0.717, 1.165) is 5.56 Å². The van der Waals surface area contributed by atoms with Crippen LogP contribution in [0.15, 0.2) is 36.4 Å². The second kappa shape index (κ2) is 5.46. The quantitative estimate of drug-likeness (QED) is 0.873. The zero-order valence-electron chi connectivity index (χ0n) is 9.25. The van der Waals surface area contributed by atoms with Crippen LogP contribution < -0.4 is 5.32 Å². The molecular weight excluding hydrogens is 276 g/mol. The summed E-state index contributed by atoms with van der Waals surface area (Å²) in [7, 11) is 0. The first kappa shape index (κ1) is 13.0. The van der Waals surface area contributed by atoms with Crippen molar-refractivity contribution in [3.8, 4) is 5.75 Å². The molecule has 0 bridgehead atoms. The van der Waals surface area contributed by atoms with Gasteiger partial charge in [-0.25, -0.2) is 4.39 Å². The molecule has 0 saturated carbocycles. The Labute approximate surface area is 114 Å². The van der Waals surface area contributed by atoms with Crippen LogP contribution in [0.3, 0.4) is 0 Å². The molecular formula is C13H10Cl2FNO. The molecule has 0 aromatic heterocycles. The number of anilines is 1. The van der Waals surface area contributed by atoms with Crippen LogP contribution in [0.4, 0.5) is 10.1 Å². The largest absolute Gasteiger partial charge is 0.506 e. The van der Waals surface area contributed by atoms with Crippen LogP contribution in [0, 0.1) is 5.82 Å². The lowest BCUT2D eigenvalue weighted by Crippen LogP contribution is -2.00. The molecule has 0 unspecified atom stereocenters. The highest BCUT2D eigenvalue weighted by Crippen LogP contribution is 2.26. The van der Waals surface area contributed by atoms with E-state index in [1.54, 1.807) is 18.2 Å². The Hall–Kier alpha value is -1.45. The molecule has 2 aromatic rings. The van der Waals surface area contributed by atoms with E-state index in [2.05, 4.69) is 5.32 Å². The third kappa shape index (κ3) is 3.06. The summed E-state index contributed by atoms with van der Waals surface area (Å²) in [4.78, 5) is 0. The van der Waals surface area contributed by atoms with Crippen LogP contribution in [-0.2, 0) is 6.54 Å². The van der Waals surface area contributed by atoms with E-state index in [4.69, 9.17) is 23.2 Å². The van der Waals surface area contributed by atoms with Gasteiger partial charge in [0.2, 0.25) is 0 Å². The summed E-state index contributed by atoms with van der Waals surface area (Å²) in [5.74, 6) is -0.335. The lowest BCUT2D eigenvalue weighted by molar-refractivity contribution is 0.475. The van der Waals surface area contributed by atoms with E-state index in [9.17, 15) is 9.50 Å². The van der Waals surface area contributed by atoms with E-state index < -0.39 is 0 Å². The molecule has 0 aliphatic carbocycles. The van der Waals surface area contributed by atoms with Gasteiger partial charge < -0.3 is 10.4 Å². The Morgan fingerprint density at radius 3 is 2.50 bits per heavy atom. The minimum Gasteiger partial charge on any atom is -0.506 e. The van der Waals surface area contributed by atoms with Crippen molar-refractivity contribution in [3.05, 3.63) is 57.8 Å². The SMILES string of the molecule is Oc1ccc(CNc2ccc(F)cc2Cl)cc1Cl. The molecule has 5 heteroatoms. The topological polar surface area (TPSA) is 32.3 Å². The molecule has 2 rings (SSSR count). The Balaban J connectivity index is 2.09. The highest BCUT2D eigenvalue weighted by atomic mass is 35.5. The fourth-order valence-electron chi connectivity index (χ4n) is 1.49. The van der Waals surface area contributed by atoms with Crippen molar-refractivity contribution in [2.45, 2.75) is 6.54 Å². The van der Waals surface area contributed by atoms with Crippen LogP contribution in [0.1, 0.15) is 5.56 Å². The standard InChI is InChI=1S/C13H10Cl2FNO/c14-10-6-9(16)2-3-12(10)17-7-8-1-4-13(18)11(15)5-8/h1-6,17-18H,7H2. The zero-order chi connectivity index (χ0) is 13.1. The smallest absolute Gasteiger partial charge is 0.134 e. The Morgan fingerprint density at radius 1 is 1.06 bits per heavy atom. The van der Waals surface area contributed by atoms with Gasteiger partial charge in [-0.15, -0.1) is 0 Å². The fraction of sp³-hybridized carbons (Fsp3) is 0.0769. The molecule has 2 nitrogen and oxygen atoms in total. The monoisotopic (exact) mass is 285 g/mol. The first-order valence-corrected chi connectivity index (χ1v) is 5.98. The van der Waals surface area contributed by atoms with Crippen LogP contribution in [0.2, 0.25) is 10.0 Å². The van der Waals surface area contributed by atoms with E-state index >= 15 is 0 Å². The van der Waals surface area contributed by atoms with Gasteiger partial charge in [-0.2, -0.15) is 0 Å². The minimum atomic E-state index is -0.377. The average Bonchev–Trinajstić information content (AvgIpc) is 2.32. The molecule has 0 saturated heterocycles. The summed E-state index contributed by atoms with van der Waals surface area (Å²) in [6.07, 6.45) is 0. The number of aromatic hydroxyl groups is 1. The average molecular weight is 286 g/mol. The second-order valence-electron chi connectivity index (χ2n) is 3.76. The molecule has 0 amide bonds. The van der Waals surface area contributed by atoms with Crippen molar-refractivity contribution >= 4 is 28.9 Å². The van der Waals surface area contributed by atoms with Gasteiger partial charge in [0.15, 0.2) is 0 Å². The highest BCUT2D eigenvalue weighted by Gasteiger charge is 2.03. The van der Waals surface area contributed by atoms with Gasteiger partial charge in [-0.05, 0) is 35.9 Å². The Bertz CT molecular complexity index is 575. The molecule has 0 aliphatic heterocycles. The summed E-state index contributed by atoms with van der Waals surface area (Å²) in [5, 5.41) is 13.0. The van der Waals surface area contributed by atoms with Gasteiger partial charge in [-0.3, -0.25) is 0 Å². The molecule has 0 radical (unpaired) electrons. The molecule has 0 fully saturated rings. The lowest BCUT2D eigenvalue weighted by Gasteiger charge is -2.09. The maximum atomic E-state index is 12.9. The molecule has 2 aromatic carbocycles. The van der Waals surface area contributed by atoms with Crippen molar-refractivity contribution in [1.82, 2.24) is 0 Å². The fourth-order valence-corrected chi connectivity index (χ4v) is 1.93. The second-order valence-corrected chi connectivity index (χ2v) is 4.58. The number of hydrogen-bond acceptors (Lipinski definition) is 2. The van der Waals surface area contributed by atoms with E-state index in [1.165, 1.54) is 18.2 Å². The first-order valence-electron chi connectivity index (χ1n) is 5.22. The number of benzene rings is 2. The number of nitrogens with one attached hydrogen (secondary N) is 1. The first-order chi connectivity index (χ1) is 8.56. The summed E-state index contributed by atoms with van der Waals surface area (Å²) in [5.41, 5.74) is 1.53. The zero-order valence-corrected chi connectivity index (χ0v) is 10.8. The molecule has 0 spiro atoms. The predicted molar refractivity (Wildman–Crippen MR) is 71.9 cm³/mol. The highest BCUT2D eigenvalue weighted by molar-refractivity contribution is 6.33. The van der Waals surface area contributed by atoms with Gasteiger partial charge in [0.25, 0.3) is 0 Å². The summed E-state index contributed by atoms with van der Waals surface area (Å²) in [6, 6.07) is 9.06. The van der Waals surface area contributed by atoms with E-state index in [-0.39, 0.29) is 11.6 Å². The molecule has 0 atom stereocenters. The number of phenolic OH excluding ortho intramolecular Hbond substituents is 1. The maximum Gasteiger partial charge on any atom is 0.134 e. The Morgan fingerprint density at radius 2 is 1.83 bits per heavy atom. The molecule has 94 valence electrons. The third-order valence-electron chi connectivity index (χ3n) is 2.43. The van der Waals surface area contributed by atoms with E-state index in [1.807, 2.05) is 0 Å². The number of rotatable bonds is 3. The van der Waals surface area contributed by atoms with Gasteiger partial charge in [0, 0.05) is 6.54 Å². The minimum absolute atomic E-state index is 0.0419. The molecule has 0 aliphatic rings. The number of phenols is 1. The Kier molecular flexibility index (Phi) is 3.94. The lowest BCUT2D eigenvalue weighted by atomic mass is 10.2. The molecule has 0 heterocycles. The third-order valence-corrected chi connectivity index (χ3v) is 3.04. The maximum absolute atomic E-state index is 12.9. The van der Waals surface area contributed by atoms with Gasteiger partial charge in [0.05, 0.1) is 15.7 Å². The summed E-state index contributed by atoms with van der Waals surface area (Å²) in [6.45, 7) is 0.478. The van der Waals surface area contributed by atoms with Crippen LogP contribution >= 0.6 is 23.2 Å². The van der Waals surface area contributed by atoms with Crippen LogP contribution in [0.5, 0.6) is 5.75 Å². The van der Waals surface area contributed by atoms with Crippen molar-refractivity contribution in [1.29, 1.82) is 0 Å². The van der Waals surface area contributed by atoms with E-state index in [0.29, 0.717) is 22.3 Å². The molecule has 18 heavy (non-hydrogen) atoms. The van der Waals surface area contributed by atoms with Crippen LogP contribution in [0.25, 0.3) is 0 Å². The van der Waals surface area contributed by atoms with Gasteiger partial charge in [0.1, 0.15) is 11.6 Å². The number of hydrogen-bond donors (Lipinski definition) is 2. The summed E-state index contributed by atoms with van der Waals surface area (Å²) >= 11 is 11.7. The predicted octanol–water partition coefficient (Wildman–Crippen LogP) is 4.45. The van der Waals surface area contributed by atoms with Crippen molar-refractivity contribution in [2.24, 2.45) is 0 Å². The molecule has 2 N–H and O–H groups in total. The number of halogens is 3. The van der Waals surface area contributed by atoms with Crippen LogP contribution in [-0.4, -0.2) is 5.11 Å². The van der Waals surface area contributed by atoms with Crippen molar-refractivity contribution < 1.29 is 9.50 Å². The van der Waals surface area contributed by atoms with Crippen molar-refractivity contribution in [2.75, 3.05) is 5.32 Å². The van der Waals surface area contributed by atoms with Gasteiger partial charge in [-0.1, -0.05) is 29.3 Å².